The number of carbonyl (C=O) groups is 2. The first-order valence-electron chi connectivity index (χ1n) is 9.33. The van der Waals surface area contributed by atoms with Crippen LogP contribution < -0.4 is 0 Å². The highest BCUT2D eigenvalue weighted by Crippen LogP contribution is 2.41. The summed E-state index contributed by atoms with van der Waals surface area (Å²) in [7, 11) is 0. The van der Waals surface area contributed by atoms with Gasteiger partial charge in [-0.15, -0.1) is 0 Å². The first-order valence-corrected chi connectivity index (χ1v) is 9.71. The van der Waals surface area contributed by atoms with E-state index in [9.17, 15) is 24.8 Å². The number of Topliss-reactive ketones (excluding diaryl/α,β-unsaturated/α-hetero) is 1. The molecule has 1 unspecified atom stereocenters. The Balaban J connectivity index is 2.12. The monoisotopic (exact) mass is 446 g/mol. The number of carbonyl (C=O) groups excluding carboxylic acids is 2. The Morgan fingerprint density at radius 2 is 1.90 bits per heavy atom. The van der Waals surface area contributed by atoms with Gasteiger partial charge in [0.15, 0.2) is 0 Å². The maximum Gasteiger partial charge on any atom is 0.295 e. The summed E-state index contributed by atoms with van der Waals surface area (Å²) in [5.41, 5.74) is -0.0518. The molecule has 0 bridgehead atoms. The normalized spacial score (nSPS) is 17.9. The van der Waals surface area contributed by atoms with Crippen LogP contribution in [0, 0.1) is 10.1 Å². The summed E-state index contributed by atoms with van der Waals surface area (Å²) in [5, 5.41) is 31.1. The molecule has 1 amide bonds. The van der Waals surface area contributed by atoms with Crippen molar-refractivity contribution in [1.82, 2.24) is 4.90 Å². The van der Waals surface area contributed by atoms with Crippen molar-refractivity contribution in [2.75, 3.05) is 26.4 Å². The summed E-state index contributed by atoms with van der Waals surface area (Å²) in [6.07, 6.45) is 0. The van der Waals surface area contributed by atoms with E-state index in [1.807, 2.05) is 0 Å². The fourth-order valence-corrected chi connectivity index (χ4v) is 3.62. The van der Waals surface area contributed by atoms with E-state index >= 15 is 0 Å². The zero-order chi connectivity index (χ0) is 22.5. The summed E-state index contributed by atoms with van der Waals surface area (Å²) in [4.78, 5) is 37.3. The lowest BCUT2D eigenvalue weighted by Crippen LogP contribution is -2.33. The van der Waals surface area contributed by atoms with Gasteiger partial charge in [-0.1, -0.05) is 41.9 Å². The third kappa shape index (κ3) is 4.58. The Bertz CT molecular complexity index is 1050. The number of likely N-dealkylation sites (tertiary alicyclic amines) is 1. The largest absolute Gasteiger partial charge is 0.507 e. The molecule has 1 aliphatic rings. The molecule has 162 valence electrons. The van der Waals surface area contributed by atoms with Crippen LogP contribution in [0.25, 0.3) is 5.76 Å². The van der Waals surface area contributed by atoms with Gasteiger partial charge >= 0.3 is 0 Å². The molecule has 9 nitrogen and oxygen atoms in total. The van der Waals surface area contributed by atoms with Crippen LogP contribution >= 0.6 is 11.6 Å². The Morgan fingerprint density at radius 1 is 1.16 bits per heavy atom. The Morgan fingerprint density at radius 3 is 2.58 bits per heavy atom. The van der Waals surface area contributed by atoms with Crippen LogP contribution in [0.5, 0.6) is 0 Å². The van der Waals surface area contributed by atoms with E-state index in [0.29, 0.717) is 5.56 Å². The van der Waals surface area contributed by atoms with E-state index in [4.69, 9.17) is 21.4 Å². The number of hydrogen-bond acceptors (Lipinski definition) is 7. The van der Waals surface area contributed by atoms with Gasteiger partial charge in [-0.05, 0) is 11.6 Å². The van der Waals surface area contributed by atoms with Crippen molar-refractivity contribution in [3.63, 3.8) is 0 Å². The molecule has 1 aliphatic heterocycles. The van der Waals surface area contributed by atoms with E-state index in [1.165, 1.54) is 23.1 Å². The van der Waals surface area contributed by atoms with Crippen LogP contribution in [-0.2, 0) is 14.3 Å². The number of nitrogens with zero attached hydrogens (tertiary/aromatic N) is 2. The topological polar surface area (TPSA) is 130 Å². The smallest absolute Gasteiger partial charge is 0.295 e. The molecule has 3 rings (SSSR count). The molecule has 2 N–H and O–H groups in total. The molecule has 0 aromatic heterocycles. The molecule has 2 aromatic carbocycles. The summed E-state index contributed by atoms with van der Waals surface area (Å²) >= 11 is 6.32. The molecule has 0 aliphatic carbocycles. The first kappa shape index (κ1) is 22.4. The second kappa shape index (κ2) is 9.69. The van der Waals surface area contributed by atoms with Crippen molar-refractivity contribution >= 4 is 34.7 Å². The van der Waals surface area contributed by atoms with Crippen LogP contribution in [0.2, 0.25) is 5.02 Å². The average molecular weight is 447 g/mol. The van der Waals surface area contributed by atoms with Gasteiger partial charge in [0.05, 0.1) is 36.4 Å². The predicted molar refractivity (Wildman–Crippen MR) is 111 cm³/mol. The van der Waals surface area contributed by atoms with Crippen LogP contribution in [0.4, 0.5) is 5.69 Å². The number of hydrogen-bond donors (Lipinski definition) is 2. The lowest BCUT2D eigenvalue weighted by molar-refractivity contribution is -0.384. The number of halogens is 1. The van der Waals surface area contributed by atoms with Crippen molar-refractivity contribution in [3.05, 3.63) is 80.4 Å². The van der Waals surface area contributed by atoms with Crippen molar-refractivity contribution in [2.24, 2.45) is 0 Å². The Labute approximate surface area is 182 Å². The molecule has 1 fully saturated rings. The number of nitro groups is 1. The SMILES string of the molecule is O=C1C(=O)N(CCOCCO)C(c2ccccc2Cl)/C1=C(/O)c1cccc([N+](=O)[O-])c1. The van der Waals surface area contributed by atoms with Crippen LogP contribution in [0.3, 0.4) is 0 Å². The predicted octanol–water partition coefficient (Wildman–Crippen LogP) is 2.68. The van der Waals surface area contributed by atoms with Crippen molar-refractivity contribution in [2.45, 2.75) is 6.04 Å². The minimum absolute atomic E-state index is 0.00613. The summed E-state index contributed by atoms with van der Waals surface area (Å²) in [5.74, 6) is -2.33. The number of non-ortho nitro benzene ring substituents is 1. The number of aliphatic hydroxyl groups is 2. The minimum atomic E-state index is -1.01. The van der Waals surface area contributed by atoms with Gasteiger partial charge in [0.25, 0.3) is 17.4 Å². The number of rotatable bonds is 8. The van der Waals surface area contributed by atoms with Crippen LogP contribution in [-0.4, -0.2) is 58.1 Å². The third-order valence-corrected chi connectivity index (χ3v) is 5.13. The molecule has 1 saturated heterocycles. The van der Waals surface area contributed by atoms with Crippen molar-refractivity contribution in [3.8, 4) is 0 Å². The Hall–Kier alpha value is -3.27. The maximum atomic E-state index is 12.9. The summed E-state index contributed by atoms with van der Waals surface area (Å²) in [6.45, 7) is -0.0779. The third-order valence-electron chi connectivity index (χ3n) is 4.78. The lowest BCUT2D eigenvalue weighted by atomic mass is 9.95. The summed E-state index contributed by atoms with van der Waals surface area (Å²) < 4.78 is 5.22. The Kier molecular flexibility index (Phi) is 7.01. The van der Waals surface area contributed by atoms with Gasteiger partial charge in [0.1, 0.15) is 5.76 Å². The van der Waals surface area contributed by atoms with E-state index in [-0.39, 0.29) is 48.2 Å². The number of benzene rings is 2. The number of aliphatic hydroxyl groups excluding tert-OH is 2. The molecule has 10 heteroatoms. The second-order valence-corrected chi connectivity index (χ2v) is 7.06. The van der Waals surface area contributed by atoms with Gasteiger partial charge in [0.2, 0.25) is 0 Å². The van der Waals surface area contributed by atoms with E-state index in [0.717, 1.165) is 6.07 Å². The highest BCUT2D eigenvalue weighted by molar-refractivity contribution is 6.47. The fourth-order valence-electron chi connectivity index (χ4n) is 3.38. The van der Waals surface area contributed by atoms with Gasteiger partial charge in [0, 0.05) is 29.3 Å². The van der Waals surface area contributed by atoms with Gasteiger partial charge in [-0.3, -0.25) is 19.7 Å². The number of amides is 1. The zero-order valence-electron chi connectivity index (χ0n) is 16.2. The van der Waals surface area contributed by atoms with Gasteiger partial charge in [-0.2, -0.15) is 0 Å². The van der Waals surface area contributed by atoms with E-state index in [2.05, 4.69) is 0 Å². The highest BCUT2D eigenvalue weighted by atomic mass is 35.5. The van der Waals surface area contributed by atoms with E-state index in [1.54, 1.807) is 24.3 Å². The van der Waals surface area contributed by atoms with E-state index < -0.39 is 28.4 Å². The molecule has 0 radical (unpaired) electrons. The van der Waals surface area contributed by atoms with Crippen LogP contribution in [0.15, 0.2) is 54.1 Å². The standard InChI is InChI=1S/C21H19ClN2O7/c22-16-7-2-1-6-15(16)18-17(19(26)13-4-3-5-14(12-13)24(29)30)20(27)21(28)23(18)8-10-31-11-9-25/h1-7,12,18,25-26H,8-11H2/b19-17-. The molecule has 31 heavy (non-hydrogen) atoms. The second-order valence-electron chi connectivity index (χ2n) is 6.66. The van der Waals surface area contributed by atoms with Gasteiger partial charge < -0.3 is 19.8 Å². The number of nitro benzene ring substituents is 1. The van der Waals surface area contributed by atoms with Crippen molar-refractivity contribution < 1.29 is 29.5 Å². The zero-order valence-corrected chi connectivity index (χ0v) is 17.0. The van der Waals surface area contributed by atoms with Gasteiger partial charge in [-0.25, -0.2) is 0 Å². The molecular weight excluding hydrogens is 428 g/mol. The molecule has 2 aromatic rings. The molecule has 1 heterocycles. The summed E-state index contributed by atoms with van der Waals surface area (Å²) in [6, 6.07) is 10.7. The molecule has 1 atom stereocenters. The maximum absolute atomic E-state index is 12.9. The fraction of sp³-hybridized carbons (Fsp3) is 0.238. The first-order chi connectivity index (χ1) is 14.9. The number of ketones is 1. The highest BCUT2D eigenvalue weighted by Gasteiger charge is 2.46. The molecule has 0 saturated carbocycles. The molecule has 0 spiro atoms. The molecular formula is C21H19ClN2O7. The number of ether oxygens (including phenoxy) is 1. The quantitative estimate of drug-likeness (QED) is 0.159. The lowest BCUT2D eigenvalue weighted by Gasteiger charge is -2.26. The van der Waals surface area contributed by atoms with Crippen molar-refractivity contribution in [1.29, 1.82) is 0 Å². The van der Waals surface area contributed by atoms with Crippen LogP contribution in [0.1, 0.15) is 17.2 Å². The minimum Gasteiger partial charge on any atom is -0.507 e. The average Bonchev–Trinajstić information content (AvgIpc) is 3.01.